The molecular weight excluding hydrogens is 228 g/mol. The highest BCUT2D eigenvalue weighted by molar-refractivity contribution is 6.32. The van der Waals surface area contributed by atoms with Gasteiger partial charge >= 0.3 is 5.97 Å². The van der Waals surface area contributed by atoms with Crippen LogP contribution < -0.4 is 0 Å². The second-order valence-electron chi connectivity index (χ2n) is 3.91. The number of rotatable bonds is 2. The van der Waals surface area contributed by atoms with Gasteiger partial charge in [-0.2, -0.15) is 0 Å². The number of nitrogens with zero attached hydrogens (tertiary/aromatic N) is 1. The number of H-pyrrole nitrogens is 1. The molecule has 0 unspecified atom stereocenters. The second kappa shape index (κ2) is 3.79. The Morgan fingerprint density at radius 3 is 2.81 bits per heavy atom. The zero-order valence-corrected chi connectivity index (χ0v) is 9.67. The maximum Gasteiger partial charge on any atom is 0.339 e. The zero-order chi connectivity index (χ0) is 11.9. The number of fused-ring (bicyclic) bond motifs is 1. The van der Waals surface area contributed by atoms with Crippen LogP contribution >= 0.6 is 11.6 Å². The number of carbonyl (C=O) groups is 1. The molecule has 0 atom stereocenters. The van der Waals surface area contributed by atoms with E-state index in [4.69, 9.17) is 16.7 Å². The first-order valence-electron chi connectivity index (χ1n) is 4.91. The average Bonchev–Trinajstić information content (AvgIpc) is 2.58. The molecule has 0 aliphatic heterocycles. The number of halogens is 1. The smallest absolute Gasteiger partial charge is 0.339 e. The van der Waals surface area contributed by atoms with Gasteiger partial charge in [0.1, 0.15) is 11.1 Å². The number of aromatic amines is 1. The van der Waals surface area contributed by atoms with Gasteiger partial charge in [-0.3, -0.25) is 0 Å². The third kappa shape index (κ3) is 1.65. The summed E-state index contributed by atoms with van der Waals surface area (Å²) >= 11 is 6.06. The highest BCUT2D eigenvalue weighted by atomic mass is 35.5. The summed E-state index contributed by atoms with van der Waals surface area (Å²) in [6.07, 6.45) is 1.43. The van der Waals surface area contributed by atoms with Gasteiger partial charge in [0.15, 0.2) is 0 Å². The van der Waals surface area contributed by atoms with E-state index in [2.05, 4.69) is 9.97 Å². The van der Waals surface area contributed by atoms with E-state index in [-0.39, 0.29) is 11.5 Å². The Labute approximate surface area is 97.3 Å². The Bertz CT molecular complexity index is 560. The number of pyridine rings is 1. The van der Waals surface area contributed by atoms with E-state index in [1.807, 2.05) is 13.8 Å². The van der Waals surface area contributed by atoms with Crippen LogP contribution in [-0.2, 0) is 0 Å². The van der Waals surface area contributed by atoms with E-state index in [1.54, 1.807) is 6.07 Å². The normalized spacial score (nSPS) is 11.2. The molecule has 0 aliphatic carbocycles. The number of carboxylic acid groups (broad SMARTS) is 1. The maximum atomic E-state index is 10.9. The molecule has 5 heteroatoms. The van der Waals surface area contributed by atoms with Crippen LogP contribution in [0.2, 0.25) is 5.02 Å². The Morgan fingerprint density at radius 1 is 1.56 bits per heavy atom. The van der Waals surface area contributed by atoms with Gasteiger partial charge in [0, 0.05) is 6.20 Å². The van der Waals surface area contributed by atoms with Crippen LogP contribution in [0.4, 0.5) is 0 Å². The molecule has 84 valence electrons. The molecule has 4 nitrogen and oxygen atoms in total. The van der Waals surface area contributed by atoms with Crippen molar-refractivity contribution in [2.45, 2.75) is 19.8 Å². The molecule has 2 N–H and O–H groups in total. The largest absolute Gasteiger partial charge is 0.478 e. The summed E-state index contributed by atoms with van der Waals surface area (Å²) in [6.45, 7) is 3.93. The zero-order valence-electron chi connectivity index (χ0n) is 8.91. The number of aromatic carboxylic acids is 1. The standard InChI is InChI=1S/C11H11ClN2O2/c1-5(2)9-7(12)3-8-10(14-9)6(4-13-8)11(15)16/h3-5,13H,1-2H3,(H,15,16). The highest BCUT2D eigenvalue weighted by Crippen LogP contribution is 2.27. The number of carboxylic acids is 1. The summed E-state index contributed by atoms with van der Waals surface area (Å²) in [4.78, 5) is 18.1. The molecule has 0 aromatic carbocycles. The van der Waals surface area contributed by atoms with Gasteiger partial charge < -0.3 is 10.1 Å². The molecule has 0 aliphatic rings. The summed E-state index contributed by atoms with van der Waals surface area (Å²) in [6, 6.07) is 1.71. The summed E-state index contributed by atoms with van der Waals surface area (Å²) in [5.74, 6) is -0.829. The van der Waals surface area contributed by atoms with Gasteiger partial charge in [-0.1, -0.05) is 25.4 Å². The molecule has 0 bridgehead atoms. The van der Waals surface area contributed by atoms with Crippen LogP contribution in [0.1, 0.15) is 35.8 Å². The lowest BCUT2D eigenvalue weighted by molar-refractivity contribution is 0.0699. The van der Waals surface area contributed by atoms with Gasteiger partial charge in [0.05, 0.1) is 16.2 Å². The molecule has 0 saturated heterocycles. The minimum Gasteiger partial charge on any atom is -0.478 e. The molecule has 0 radical (unpaired) electrons. The van der Waals surface area contributed by atoms with Gasteiger partial charge in [0.2, 0.25) is 0 Å². The molecule has 0 saturated carbocycles. The summed E-state index contributed by atoms with van der Waals surface area (Å²) < 4.78 is 0. The van der Waals surface area contributed by atoms with Crippen molar-refractivity contribution in [3.8, 4) is 0 Å². The van der Waals surface area contributed by atoms with Crippen molar-refractivity contribution in [1.82, 2.24) is 9.97 Å². The van der Waals surface area contributed by atoms with E-state index < -0.39 is 5.97 Å². The molecule has 2 rings (SSSR count). The Hall–Kier alpha value is -1.55. The fraction of sp³-hybridized carbons (Fsp3) is 0.273. The van der Waals surface area contributed by atoms with E-state index in [9.17, 15) is 4.79 Å². The lowest BCUT2D eigenvalue weighted by Gasteiger charge is -2.07. The molecule has 2 heterocycles. The molecule has 2 aromatic heterocycles. The SMILES string of the molecule is CC(C)c1nc2c(C(=O)O)c[nH]c2cc1Cl. The first-order valence-corrected chi connectivity index (χ1v) is 5.29. The van der Waals surface area contributed by atoms with E-state index in [0.717, 1.165) is 5.69 Å². The monoisotopic (exact) mass is 238 g/mol. The molecule has 16 heavy (non-hydrogen) atoms. The van der Waals surface area contributed by atoms with Crippen molar-refractivity contribution in [3.05, 3.63) is 28.5 Å². The predicted octanol–water partition coefficient (Wildman–Crippen LogP) is 3.04. The summed E-state index contributed by atoms with van der Waals surface area (Å²) in [5, 5.41) is 9.53. The van der Waals surface area contributed by atoms with Crippen molar-refractivity contribution >= 4 is 28.6 Å². The number of aromatic nitrogens is 2. The number of nitrogens with one attached hydrogen (secondary N) is 1. The van der Waals surface area contributed by atoms with Crippen molar-refractivity contribution in [2.24, 2.45) is 0 Å². The fourth-order valence-corrected chi connectivity index (χ4v) is 1.97. The molecule has 0 spiro atoms. The lowest BCUT2D eigenvalue weighted by atomic mass is 10.1. The minimum atomic E-state index is -0.990. The number of hydrogen-bond acceptors (Lipinski definition) is 2. The molecular formula is C11H11ClN2O2. The van der Waals surface area contributed by atoms with Crippen LogP contribution in [0.25, 0.3) is 11.0 Å². The highest BCUT2D eigenvalue weighted by Gasteiger charge is 2.15. The predicted molar refractivity (Wildman–Crippen MR) is 62.2 cm³/mol. The van der Waals surface area contributed by atoms with Gasteiger partial charge in [-0.15, -0.1) is 0 Å². The summed E-state index contributed by atoms with van der Waals surface area (Å²) in [5.41, 5.74) is 2.00. The van der Waals surface area contributed by atoms with Crippen LogP contribution in [0.3, 0.4) is 0 Å². The summed E-state index contributed by atoms with van der Waals surface area (Å²) in [7, 11) is 0. The van der Waals surface area contributed by atoms with Crippen molar-refractivity contribution in [1.29, 1.82) is 0 Å². The average molecular weight is 239 g/mol. The van der Waals surface area contributed by atoms with Crippen LogP contribution in [0.15, 0.2) is 12.3 Å². The Balaban J connectivity index is 2.74. The molecule has 2 aromatic rings. The van der Waals surface area contributed by atoms with Crippen molar-refractivity contribution in [3.63, 3.8) is 0 Å². The lowest BCUT2D eigenvalue weighted by Crippen LogP contribution is -1.98. The van der Waals surface area contributed by atoms with Crippen LogP contribution in [0, 0.1) is 0 Å². The quantitative estimate of drug-likeness (QED) is 0.845. The van der Waals surface area contributed by atoms with Crippen molar-refractivity contribution < 1.29 is 9.90 Å². The molecule has 0 amide bonds. The van der Waals surface area contributed by atoms with Gasteiger partial charge in [0.25, 0.3) is 0 Å². The second-order valence-corrected chi connectivity index (χ2v) is 4.32. The maximum absolute atomic E-state index is 10.9. The molecule has 0 fully saturated rings. The van der Waals surface area contributed by atoms with Gasteiger partial charge in [-0.05, 0) is 12.0 Å². The third-order valence-corrected chi connectivity index (χ3v) is 2.71. The Morgan fingerprint density at radius 2 is 2.25 bits per heavy atom. The first-order chi connectivity index (χ1) is 7.50. The topological polar surface area (TPSA) is 66.0 Å². The minimum absolute atomic E-state index is 0.161. The van der Waals surface area contributed by atoms with Crippen LogP contribution in [-0.4, -0.2) is 21.0 Å². The van der Waals surface area contributed by atoms with E-state index in [0.29, 0.717) is 16.1 Å². The fourth-order valence-electron chi connectivity index (χ4n) is 1.60. The third-order valence-electron chi connectivity index (χ3n) is 2.41. The Kier molecular flexibility index (Phi) is 2.59. The van der Waals surface area contributed by atoms with Gasteiger partial charge in [-0.25, -0.2) is 9.78 Å². The first kappa shape index (κ1) is 11.0. The van der Waals surface area contributed by atoms with E-state index >= 15 is 0 Å². The van der Waals surface area contributed by atoms with E-state index in [1.165, 1.54) is 6.20 Å². The van der Waals surface area contributed by atoms with Crippen LogP contribution in [0.5, 0.6) is 0 Å². The van der Waals surface area contributed by atoms with Crippen molar-refractivity contribution in [2.75, 3.05) is 0 Å². The number of hydrogen-bond donors (Lipinski definition) is 2.